The molecule has 2 amide bonds. The van der Waals surface area contributed by atoms with Gasteiger partial charge in [0.2, 0.25) is 5.91 Å². The first kappa shape index (κ1) is 22.4. The van der Waals surface area contributed by atoms with E-state index in [2.05, 4.69) is 10.6 Å². The molecule has 2 atom stereocenters. The van der Waals surface area contributed by atoms with Crippen LogP contribution in [-0.4, -0.2) is 47.1 Å². The van der Waals surface area contributed by atoms with Crippen LogP contribution in [0.2, 0.25) is 0 Å². The molecule has 6 N–H and O–H groups in total. The fourth-order valence-corrected chi connectivity index (χ4v) is 4.58. The Balaban J connectivity index is 1.71. The van der Waals surface area contributed by atoms with E-state index in [-0.39, 0.29) is 36.0 Å². The van der Waals surface area contributed by atoms with Crippen molar-refractivity contribution in [2.75, 3.05) is 18.5 Å². The van der Waals surface area contributed by atoms with E-state index >= 15 is 0 Å². The van der Waals surface area contributed by atoms with E-state index in [9.17, 15) is 24.3 Å². The molecule has 0 aliphatic carbocycles. The molecule has 1 aromatic carbocycles. The predicted octanol–water partition coefficient (Wildman–Crippen LogP) is 1.29. The molecule has 31 heavy (non-hydrogen) atoms. The number of amides is 2. The van der Waals surface area contributed by atoms with Crippen molar-refractivity contribution in [3.05, 3.63) is 51.9 Å². The summed E-state index contributed by atoms with van der Waals surface area (Å²) >= 11 is 0.929. The highest BCUT2D eigenvalue weighted by Crippen LogP contribution is 2.41. The second-order valence-corrected chi connectivity index (χ2v) is 7.90. The number of aromatic carboxylic acids is 1. The molecular formula is C20H21N3O7S. The number of thiophene rings is 1. The standard InChI is InChI=1S/C20H21N3O7S/c21-12(10-4-2-1-3-5-10)8-14(24)22-9-13-16-11(6-7-30-13)15(19(26)27)18(31-16)23-17(25)20(28)29/h1-5,12-13H,6-9,21H2,(H,22,24)(H,23,25)(H,26,27)(H,28,29). The lowest BCUT2D eigenvalue weighted by Crippen LogP contribution is -2.33. The molecule has 1 aromatic heterocycles. The third-order valence-electron chi connectivity index (χ3n) is 4.75. The number of fused-ring (bicyclic) bond motifs is 1. The molecule has 2 heterocycles. The number of benzene rings is 1. The molecule has 0 saturated carbocycles. The molecule has 0 bridgehead atoms. The molecular weight excluding hydrogens is 426 g/mol. The van der Waals surface area contributed by atoms with E-state index in [0.29, 0.717) is 16.9 Å². The second kappa shape index (κ2) is 9.69. The molecule has 2 unspecified atom stereocenters. The van der Waals surface area contributed by atoms with Crippen LogP contribution >= 0.6 is 11.3 Å². The summed E-state index contributed by atoms with van der Waals surface area (Å²) in [4.78, 5) is 46.9. The van der Waals surface area contributed by atoms with E-state index in [1.54, 1.807) is 0 Å². The number of hydrogen-bond acceptors (Lipinski definition) is 7. The van der Waals surface area contributed by atoms with Gasteiger partial charge < -0.3 is 31.3 Å². The molecule has 2 aromatic rings. The fourth-order valence-electron chi connectivity index (χ4n) is 3.29. The van der Waals surface area contributed by atoms with Gasteiger partial charge >= 0.3 is 17.8 Å². The molecule has 0 fully saturated rings. The molecule has 11 heteroatoms. The van der Waals surface area contributed by atoms with Gasteiger partial charge in [-0.05, 0) is 17.5 Å². The van der Waals surface area contributed by atoms with Crippen molar-refractivity contribution in [2.24, 2.45) is 5.73 Å². The lowest BCUT2D eigenvalue weighted by molar-refractivity contribution is -0.147. The van der Waals surface area contributed by atoms with Crippen LogP contribution in [0.15, 0.2) is 30.3 Å². The van der Waals surface area contributed by atoms with Crippen molar-refractivity contribution in [3.63, 3.8) is 0 Å². The highest BCUT2D eigenvalue weighted by atomic mass is 32.1. The predicted molar refractivity (Wildman–Crippen MR) is 111 cm³/mol. The Hall–Kier alpha value is -3.28. The number of rotatable bonds is 7. The van der Waals surface area contributed by atoms with Gasteiger partial charge in [0.15, 0.2) is 0 Å². The Labute approximate surface area is 181 Å². The van der Waals surface area contributed by atoms with Gasteiger partial charge in [0.05, 0.1) is 12.2 Å². The summed E-state index contributed by atoms with van der Waals surface area (Å²) in [5, 5.41) is 23.1. The topological polar surface area (TPSA) is 168 Å². The number of carboxylic acids is 2. The molecule has 0 radical (unpaired) electrons. The molecule has 10 nitrogen and oxygen atoms in total. The quantitative estimate of drug-likeness (QED) is 0.396. The first-order valence-corrected chi connectivity index (χ1v) is 10.2. The van der Waals surface area contributed by atoms with Gasteiger partial charge in [0.1, 0.15) is 11.1 Å². The summed E-state index contributed by atoms with van der Waals surface area (Å²) in [5.41, 5.74) is 7.21. The Bertz CT molecular complexity index is 1010. The molecule has 3 rings (SSSR count). The summed E-state index contributed by atoms with van der Waals surface area (Å²) in [7, 11) is 0. The van der Waals surface area contributed by atoms with Gasteiger partial charge in [0, 0.05) is 23.9 Å². The number of nitrogens with two attached hydrogens (primary N) is 1. The van der Waals surface area contributed by atoms with Gasteiger partial charge in [-0.3, -0.25) is 9.59 Å². The molecule has 0 spiro atoms. The second-order valence-electron chi connectivity index (χ2n) is 6.85. The van der Waals surface area contributed by atoms with E-state index in [1.807, 2.05) is 30.3 Å². The minimum Gasteiger partial charge on any atom is -0.478 e. The monoisotopic (exact) mass is 447 g/mol. The first-order valence-electron chi connectivity index (χ1n) is 9.39. The van der Waals surface area contributed by atoms with E-state index in [0.717, 1.165) is 16.9 Å². The zero-order valence-electron chi connectivity index (χ0n) is 16.3. The van der Waals surface area contributed by atoms with E-state index in [4.69, 9.17) is 15.6 Å². The van der Waals surface area contributed by atoms with Crippen LogP contribution in [0.25, 0.3) is 0 Å². The molecule has 164 valence electrons. The van der Waals surface area contributed by atoms with Gasteiger partial charge in [-0.1, -0.05) is 30.3 Å². The smallest absolute Gasteiger partial charge is 0.394 e. The van der Waals surface area contributed by atoms with E-state index < -0.39 is 30.0 Å². The number of aliphatic carboxylic acids is 1. The minimum absolute atomic E-state index is 0.0638. The maximum atomic E-state index is 12.3. The van der Waals surface area contributed by atoms with E-state index in [1.165, 1.54) is 0 Å². The summed E-state index contributed by atoms with van der Waals surface area (Å²) in [5.74, 6) is -4.63. The Morgan fingerprint density at radius 2 is 1.90 bits per heavy atom. The van der Waals surface area contributed by atoms with Gasteiger partial charge in [0.25, 0.3) is 0 Å². The van der Waals surface area contributed by atoms with Crippen molar-refractivity contribution in [2.45, 2.75) is 25.0 Å². The van der Waals surface area contributed by atoms with Crippen molar-refractivity contribution in [1.82, 2.24) is 5.32 Å². The number of carbonyl (C=O) groups excluding carboxylic acids is 2. The Kier molecular flexibility index (Phi) is 7.00. The molecule has 1 aliphatic rings. The van der Waals surface area contributed by atoms with Crippen LogP contribution in [-0.2, 0) is 25.5 Å². The number of ether oxygens (including phenoxy) is 1. The van der Waals surface area contributed by atoms with Crippen LogP contribution in [0, 0.1) is 0 Å². The van der Waals surface area contributed by atoms with Crippen molar-refractivity contribution >= 4 is 40.1 Å². The highest BCUT2D eigenvalue weighted by Gasteiger charge is 2.32. The zero-order valence-corrected chi connectivity index (χ0v) is 17.1. The SMILES string of the molecule is NC(CC(=O)NCC1OCCc2c1sc(NC(=O)C(=O)O)c2C(=O)O)c1ccccc1. The van der Waals surface area contributed by atoms with Gasteiger partial charge in [-0.15, -0.1) is 11.3 Å². The maximum Gasteiger partial charge on any atom is 0.394 e. The lowest BCUT2D eigenvalue weighted by Gasteiger charge is -2.24. The molecule has 0 saturated heterocycles. The number of carboxylic acid groups (broad SMARTS) is 2. The lowest BCUT2D eigenvalue weighted by atomic mass is 10.0. The zero-order chi connectivity index (χ0) is 22.5. The molecule has 1 aliphatic heterocycles. The van der Waals surface area contributed by atoms with Crippen molar-refractivity contribution in [1.29, 1.82) is 0 Å². The van der Waals surface area contributed by atoms with Crippen LogP contribution in [0.3, 0.4) is 0 Å². The average molecular weight is 447 g/mol. The number of carbonyl (C=O) groups is 4. The minimum atomic E-state index is -1.72. The number of anilines is 1. The Morgan fingerprint density at radius 1 is 1.19 bits per heavy atom. The summed E-state index contributed by atoms with van der Waals surface area (Å²) < 4.78 is 5.69. The summed E-state index contributed by atoms with van der Waals surface area (Å²) in [6.07, 6.45) is -0.270. The normalized spacial score (nSPS) is 16.1. The first-order chi connectivity index (χ1) is 14.8. The van der Waals surface area contributed by atoms with Gasteiger partial charge in [-0.25, -0.2) is 9.59 Å². The number of nitrogens with one attached hydrogen (secondary N) is 2. The summed E-state index contributed by atoms with van der Waals surface area (Å²) in [6, 6.07) is 8.72. The van der Waals surface area contributed by atoms with Crippen LogP contribution < -0.4 is 16.4 Å². The van der Waals surface area contributed by atoms with Crippen LogP contribution in [0.5, 0.6) is 0 Å². The van der Waals surface area contributed by atoms with Crippen LogP contribution in [0.4, 0.5) is 5.00 Å². The van der Waals surface area contributed by atoms with Crippen molar-refractivity contribution < 1.29 is 34.1 Å². The number of hydrogen-bond donors (Lipinski definition) is 5. The Morgan fingerprint density at radius 3 is 2.55 bits per heavy atom. The highest BCUT2D eigenvalue weighted by molar-refractivity contribution is 7.17. The third-order valence-corrected chi connectivity index (χ3v) is 5.99. The third kappa shape index (κ3) is 5.26. The van der Waals surface area contributed by atoms with Crippen molar-refractivity contribution in [3.8, 4) is 0 Å². The average Bonchev–Trinajstić information content (AvgIpc) is 3.11. The fraction of sp³-hybridized carbons (Fsp3) is 0.300. The van der Waals surface area contributed by atoms with Gasteiger partial charge in [-0.2, -0.15) is 0 Å². The van der Waals surface area contributed by atoms with Crippen LogP contribution in [0.1, 0.15) is 44.9 Å². The maximum absolute atomic E-state index is 12.3. The summed E-state index contributed by atoms with van der Waals surface area (Å²) in [6.45, 7) is 0.305. The largest absolute Gasteiger partial charge is 0.478 e.